The summed E-state index contributed by atoms with van der Waals surface area (Å²) in [5.74, 6) is -0.390. The van der Waals surface area contributed by atoms with Gasteiger partial charge in [-0.3, -0.25) is 0 Å². The summed E-state index contributed by atoms with van der Waals surface area (Å²) in [6.07, 6.45) is 5.11. The molecule has 0 radical (unpaired) electrons. The molecular formula is C13H20O3. The first-order valence-corrected chi connectivity index (χ1v) is 6.00. The second-order valence-electron chi connectivity index (χ2n) is 5.15. The molecular weight excluding hydrogens is 204 g/mol. The summed E-state index contributed by atoms with van der Waals surface area (Å²) >= 11 is 0. The lowest BCUT2D eigenvalue weighted by molar-refractivity contribution is -0.190. The molecule has 2 rings (SSSR count). The average molecular weight is 224 g/mol. The van der Waals surface area contributed by atoms with Crippen LogP contribution in [0, 0.1) is 5.41 Å². The number of carbonyl (C=O) groups excluding carboxylic acids is 1. The van der Waals surface area contributed by atoms with Crippen molar-refractivity contribution in [2.45, 2.75) is 44.8 Å². The van der Waals surface area contributed by atoms with Gasteiger partial charge in [0.2, 0.25) is 0 Å². The van der Waals surface area contributed by atoms with Gasteiger partial charge in [-0.05, 0) is 18.3 Å². The molecule has 0 bridgehead atoms. The molecule has 0 aromatic carbocycles. The molecule has 1 saturated carbocycles. The van der Waals surface area contributed by atoms with Crippen LogP contribution in [0.4, 0.5) is 0 Å². The highest BCUT2D eigenvalue weighted by Gasteiger charge is 2.47. The molecule has 0 aromatic rings. The Kier molecular flexibility index (Phi) is 3.17. The van der Waals surface area contributed by atoms with Crippen molar-refractivity contribution in [1.29, 1.82) is 0 Å². The van der Waals surface area contributed by atoms with Gasteiger partial charge < -0.3 is 14.3 Å². The molecule has 1 aliphatic heterocycles. The molecule has 2 fully saturated rings. The minimum absolute atomic E-state index is 0.0104. The lowest BCUT2D eigenvalue weighted by atomic mass is 9.67. The minimum atomic E-state index is -0.390. The number of aldehydes is 1. The summed E-state index contributed by atoms with van der Waals surface area (Å²) < 4.78 is 11.5. The van der Waals surface area contributed by atoms with Gasteiger partial charge in [0.15, 0.2) is 5.79 Å². The van der Waals surface area contributed by atoms with E-state index in [9.17, 15) is 4.79 Å². The predicted molar refractivity (Wildman–Crippen MR) is 61.0 cm³/mol. The summed E-state index contributed by atoms with van der Waals surface area (Å²) in [5, 5.41) is 0. The molecule has 1 aliphatic carbocycles. The molecule has 0 amide bonds. The molecule has 1 spiro atoms. The van der Waals surface area contributed by atoms with E-state index in [0.717, 1.165) is 32.0 Å². The second-order valence-corrected chi connectivity index (χ2v) is 5.15. The van der Waals surface area contributed by atoms with E-state index in [1.807, 2.05) is 0 Å². The van der Waals surface area contributed by atoms with Crippen molar-refractivity contribution in [2.24, 2.45) is 5.41 Å². The maximum atomic E-state index is 10.5. The Morgan fingerprint density at radius 3 is 2.75 bits per heavy atom. The number of allylic oxidation sites excluding steroid dienone is 1. The average Bonchev–Trinajstić information content (AvgIpc) is 2.70. The fourth-order valence-corrected chi connectivity index (χ4v) is 2.84. The van der Waals surface area contributed by atoms with Crippen molar-refractivity contribution >= 4 is 6.29 Å². The van der Waals surface area contributed by atoms with Gasteiger partial charge in [-0.15, -0.1) is 0 Å². The Labute approximate surface area is 96.8 Å². The van der Waals surface area contributed by atoms with Gasteiger partial charge >= 0.3 is 0 Å². The second kappa shape index (κ2) is 4.30. The molecule has 1 atom stereocenters. The van der Waals surface area contributed by atoms with Gasteiger partial charge in [0.1, 0.15) is 6.29 Å². The maximum absolute atomic E-state index is 10.5. The normalized spacial score (nSPS) is 33.2. The third-order valence-electron chi connectivity index (χ3n) is 3.95. The first-order valence-electron chi connectivity index (χ1n) is 6.00. The highest BCUT2D eigenvalue weighted by atomic mass is 16.7. The lowest BCUT2D eigenvalue weighted by Gasteiger charge is -2.44. The van der Waals surface area contributed by atoms with Gasteiger partial charge in [0, 0.05) is 19.3 Å². The van der Waals surface area contributed by atoms with E-state index in [-0.39, 0.29) is 5.41 Å². The summed E-state index contributed by atoms with van der Waals surface area (Å²) in [7, 11) is 0. The Morgan fingerprint density at radius 1 is 1.44 bits per heavy atom. The largest absolute Gasteiger partial charge is 0.347 e. The van der Waals surface area contributed by atoms with Crippen LogP contribution in [0.15, 0.2) is 12.2 Å². The Hall–Kier alpha value is -0.670. The summed E-state index contributed by atoms with van der Waals surface area (Å²) in [6.45, 7) is 7.70. The molecule has 0 aromatic heterocycles. The van der Waals surface area contributed by atoms with Crippen LogP contribution in [0.1, 0.15) is 39.0 Å². The van der Waals surface area contributed by atoms with Gasteiger partial charge in [0.05, 0.1) is 13.2 Å². The fourth-order valence-electron chi connectivity index (χ4n) is 2.84. The monoisotopic (exact) mass is 224 g/mol. The van der Waals surface area contributed by atoms with E-state index in [0.29, 0.717) is 19.6 Å². The molecule has 1 saturated heterocycles. The van der Waals surface area contributed by atoms with Crippen LogP contribution in [0.2, 0.25) is 0 Å². The lowest BCUT2D eigenvalue weighted by Crippen LogP contribution is -2.42. The van der Waals surface area contributed by atoms with E-state index in [2.05, 4.69) is 13.5 Å². The molecule has 1 heterocycles. The zero-order chi connectivity index (χ0) is 11.6. The van der Waals surface area contributed by atoms with Gasteiger partial charge in [-0.1, -0.05) is 19.1 Å². The molecule has 2 aliphatic rings. The standard InChI is InChI=1S/C13H20O3/c1-11-4-6-13(15-8-9-16-13)10-12(11,2)5-3-7-14/h7H,1,3-6,8-10H2,2H3/t12-/m0/s1. The topological polar surface area (TPSA) is 35.5 Å². The number of hydrogen-bond acceptors (Lipinski definition) is 3. The molecule has 16 heavy (non-hydrogen) atoms. The van der Waals surface area contributed by atoms with Gasteiger partial charge in [0.25, 0.3) is 0 Å². The highest BCUT2D eigenvalue weighted by Crippen LogP contribution is 2.50. The van der Waals surface area contributed by atoms with Crippen LogP contribution >= 0.6 is 0 Å². The van der Waals surface area contributed by atoms with Crippen LogP contribution in [0.3, 0.4) is 0 Å². The van der Waals surface area contributed by atoms with Crippen molar-refractivity contribution in [3.05, 3.63) is 12.2 Å². The Morgan fingerprint density at radius 2 is 2.12 bits per heavy atom. The van der Waals surface area contributed by atoms with Crippen molar-refractivity contribution in [3.63, 3.8) is 0 Å². The smallest absolute Gasteiger partial charge is 0.169 e. The molecule has 90 valence electrons. The zero-order valence-electron chi connectivity index (χ0n) is 9.96. The van der Waals surface area contributed by atoms with Crippen molar-refractivity contribution in [1.82, 2.24) is 0 Å². The number of ether oxygens (including phenoxy) is 2. The number of rotatable bonds is 3. The van der Waals surface area contributed by atoms with Gasteiger partial charge in [-0.2, -0.15) is 0 Å². The van der Waals surface area contributed by atoms with Crippen LogP contribution in [0.25, 0.3) is 0 Å². The highest BCUT2D eigenvalue weighted by molar-refractivity contribution is 5.49. The Bertz CT molecular complexity index is 292. The number of hydrogen-bond donors (Lipinski definition) is 0. The molecule has 3 heteroatoms. The molecule has 0 unspecified atom stereocenters. The van der Waals surface area contributed by atoms with Crippen LogP contribution in [-0.4, -0.2) is 25.3 Å². The quantitative estimate of drug-likeness (QED) is 0.545. The Balaban J connectivity index is 2.10. The van der Waals surface area contributed by atoms with E-state index in [4.69, 9.17) is 9.47 Å². The predicted octanol–water partition coefficient (Wildman–Crippen LogP) is 2.46. The van der Waals surface area contributed by atoms with Crippen LogP contribution < -0.4 is 0 Å². The van der Waals surface area contributed by atoms with E-state index >= 15 is 0 Å². The van der Waals surface area contributed by atoms with E-state index < -0.39 is 5.79 Å². The first-order chi connectivity index (χ1) is 7.60. The van der Waals surface area contributed by atoms with Crippen molar-refractivity contribution < 1.29 is 14.3 Å². The minimum Gasteiger partial charge on any atom is -0.347 e. The molecule has 3 nitrogen and oxygen atoms in total. The fraction of sp³-hybridized carbons (Fsp3) is 0.769. The van der Waals surface area contributed by atoms with Crippen LogP contribution in [-0.2, 0) is 14.3 Å². The molecule has 0 N–H and O–H groups in total. The first kappa shape index (κ1) is 11.8. The summed E-state index contributed by atoms with van der Waals surface area (Å²) in [4.78, 5) is 10.5. The third-order valence-corrected chi connectivity index (χ3v) is 3.95. The summed E-state index contributed by atoms with van der Waals surface area (Å²) in [6, 6.07) is 0. The third kappa shape index (κ3) is 2.06. The SMILES string of the molecule is C=C1CCC2(C[C@]1(C)CCC=O)OCCO2. The zero-order valence-corrected chi connectivity index (χ0v) is 9.96. The van der Waals surface area contributed by atoms with Gasteiger partial charge in [-0.25, -0.2) is 0 Å². The number of carbonyl (C=O) groups is 1. The van der Waals surface area contributed by atoms with E-state index in [1.54, 1.807) is 0 Å². The van der Waals surface area contributed by atoms with Crippen molar-refractivity contribution in [3.8, 4) is 0 Å². The van der Waals surface area contributed by atoms with Crippen molar-refractivity contribution in [2.75, 3.05) is 13.2 Å². The maximum Gasteiger partial charge on any atom is 0.169 e. The van der Waals surface area contributed by atoms with Crippen LogP contribution in [0.5, 0.6) is 0 Å². The summed E-state index contributed by atoms with van der Waals surface area (Å²) in [5.41, 5.74) is 1.22. The van der Waals surface area contributed by atoms with E-state index in [1.165, 1.54) is 5.57 Å².